The lowest BCUT2D eigenvalue weighted by Crippen LogP contribution is -2.57. The van der Waals surface area contributed by atoms with E-state index in [1.807, 2.05) is 13.8 Å². The first kappa shape index (κ1) is 31.9. The Morgan fingerprint density at radius 1 is 0.886 bits per heavy atom. The molecule has 14 nitrogen and oxygen atoms in total. The second-order valence-electron chi connectivity index (χ2n) is 8.39. The molecule has 0 aromatic carbocycles. The zero-order valence-electron chi connectivity index (χ0n) is 20.0. The smallest absolute Gasteiger partial charge is 0.326 e. The normalized spacial score (nSPS) is 14.2. The molecule has 4 atom stereocenters. The lowest BCUT2D eigenvalue weighted by molar-refractivity contribution is -0.142. The fourth-order valence-electron chi connectivity index (χ4n) is 2.91. The number of thiol groups is 1. The average molecular weight is 519 g/mol. The molecule has 4 unspecified atom stereocenters. The summed E-state index contributed by atoms with van der Waals surface area (Å²) in [7, 11) is 0. The maximum Gasteiger partial charge on any atom is 0.326 e. The predicted molar refractivity (Wildman–Crippen MR) is 133 cm³/mol. The van der Waals surface area contributed by atoms with Crippen LogP contribution >= 0.6 is 12.6 Å². The van der Waals surface area contributed by atoms with Crippen molar-refractivity contribution in [1.82, 2.24) is 16.0 Å². The summed E-state index contributed by atoms with van der Waals surface area (Å²) >= 11 is 4.08. The second-order valence-corrected chi connectivity index (χ2v) is 8.76. The van der Waals surface area contributed by atoms with Gasteiger partial charge >= 0.3 is 5.97 Å². The first-order chi connectivity index (χ1) is 16.3. The van der Waals surface area contributed by atoms with Crippen molar-refractivity contribution in [2.45, 2.75) is 70.1 Å². The van der Waals surface area contributed by atoms with E-state index in [1.54, 1.807) is 0 Å². The van der Waals surface area contributed by atoms with Crippen LogP contribution < -0.4 is 38.9 Å². The number of nitrogens with two attached hydrogens (primary N) is 4. The summed E-state index contributed by atoms with van der Waals surface area (Å²) in [5.41, 5.74) is 21.3. The van der Waals surface area contributed by atoms with E-state index in [-0.39, 0.29) is 49.9 Å². The van der Waals surface area contributed by atoms with Crippen LogP contribution in [0.2, 0.25) is 0 Å². The van der Waals surface area contributed by atoms with Crippen LogP contribution in [0.25, 0.3) is 0 Å². The van der Waals surface area contributed by atoms with Gasteiger partial charge in [-0.2, -0.15) is 12.6 Å². The van der Waals surface area contributed by atoms with Crippen LogP contribution in [-0.2, 0) is 24.0 Å². The summed E-state index contributed by atoms with van der Waals surface area (Å²) in [5.74, 6) is -4.19. The minimum Gasteiger partial charge on any atom is -0.480 e. The van der Waals surface area contributed by atoms with Gasteiger partial charge in [-0.3, -0.25) is 24.2 Å². The Balaban J connectivity index is 5.19. The Hall–Kier alpha value is -3.07. The van der Waals surface area contributed by atoms with Crippen molar-refractivity contribution in [3.63, 3.8) is 0 Å². The summed E-state index contributed by atoms with van der Waals surface area (Å²) in [6.07, 6.45) is 0.516. The zero-order valence-corrected chi connectivity index (χ0v) is 20.9. The molecule has 0 aromatic rings. The number of primary amides is 1. The molecule has 0 rings (SSSR count). The number of hydrogen-bond acceptors (Lipinski definition) is 8. The second kappa shape index (κ2) is 16.5. The predicted octanol–water partition coefficient (Wildman–Crippen LogP) is -2.85. The summed E-state index contributed by atoms with van der Waals surface area (Å²) in [6, 6.07) is -4.47. The highest BCUT2D eigenvalue weighted by molar-refractivity contribution is 7.80. The molecule has 0 heterocycles. The molecule has 0 radical (unpaired) electrons. The summed E-state index contributed by atoms with van der Waals surface area (Å²) in [6.45, 7) is 3.86. The monoisotopic (exact) mass is 518 g/mol. The van der Waals surface area contributed by atoms with Gasteiger partial charge in [0.2, 0.25) is 23.6 Å². The number of carboxylic acids is 1. The number of amides is 4. The van der Waals surface area contributed by atoms with E-state index in [4.69, 9.17) is 22.9 Å². The Labute approximate surface area is 209 Å². The largest absolute Gasteiger partial charge is 0.480 e. The maximum absolute atomic E-state index is 12.9. The van der Waals surface area contributed by atoms with E-state index < -0.39 is 53.8 Å². The van der Waals surface area contributed by atoms with Crippen molar-refractivity contribution in [3.8, 4) is 0 Å². The number of aliphatic imine (C=N–C) groups is 1. The number of nitrogens with zero attached hydrogens (tertiary/aromatic N) is 1. The van der Waals surface area contributed by atoms with Crippen molar-refractivity contribution < 1.29 is 29.1 Å². The van der Waals surface area contributed by atoms with E-state index in [0.717, 1.165) is 0 Å². The molecular formula is C20H38N8O6S. The highest BCUT2D eigenvalue weighted by Gasteiger charge is 2.30. The number of carbonyl (C=O) groups is 5. The van der Waals surface area contributed by atoms with E-state index in [0.29, 0.717) is 6.42 Å². The molecule has 0 aliphatic carbocycles. The topological polar surface area (TPSA) is 258 Å². The number of rotatable bonds is 17. The van der Waals surface area contributed by atoms with Crippen LogP contribution in [0.4, 0.5) is 0 Å². The molecule has 0 saturated heterocycles. The van der Waals surface area contributed by atoms with Gasteiger partial charge in [0.05, 0.1) is 6.04 Å². The van der Waals surface area contributed by atoms with Crippen LogP contribution in [0, 0.1) is 5.92 Å². The molecule has 0 aromatic heterocycles. The maximum atomic E-state index is 12.9. The van der Waals surface area contributed by atoms with Crippen molar-refractivity contribution in [2.75, 3.05) is 12.3 Å². The SMILES string of the molecule is CC(C)CC(NC(=O)C(N)CCC(N)=O)C(=O)NC(CS)C(=O)NC(CCCN=C(N)N)C(=O)O. The molecule has 0 aliphatic heterocycles. The van der Waals surface area contributed by atoms with Crippen molar-refractivity contribution in [2.24, 2.45) is 33.8 Å². The molecule has 0 spiro atoms. The quantitative estimate of drug-likeness (QED) is 0.0414. The van der Waals surface area contributed by atoms with Crippen LogP contribution in [0.15, 0.2) is 4.99 Å². The zero-order chi connectivity index (χ0) is 27.1. The average Bonchev–Trinajstić information content (AvgIpc) is 2.76. The highest BCUT2D eigenvalue weighted by atomic mass is 32.1. The van der Waals surface area contributed by atoms with Gasteiger partial charge < -0.3 is 44.0 Å². The number of nitrogens with one attached hydrogen (secondary N) is 3. The van der Waals surface area contributed by atoms with Gasteiger partial charge in [0, 0.05) is 18.7 Å². The molecule has 12 N–H and O–H groups in total. The van der Waals surface area contributed by atoms with Crippen LogP contribution in [0.3, 0.4) is 0 Å². The molecule has 0 saturated carbocycles. The number of guanidine groups is 1. The minimum atomic E-state index is -1.26. The van der Waals surface area contributed by atoms with Crippen LogP contribution in [0.1, 0.15) is 46.0 Å². The Morgan fingerprint density at radius 2 is 1.43 bits per heavy atom. The van der Waals surface area contributed by atoms with Crippen LogP contribution in [-0.4, -0.2) is 77.1 Å². The Morgan fingerprint density at radius 3 is 1.91 bits per heavy atom. The number of hydrogen-bond donors (Lipinski definition) is 9. The highest BCUT2D eigenvalue weighted by Crippen LogP contribution is 2.07. The molecule has 0 aliphatic rings. The van der Waals surface area contributed by atoms with E-state index in [1.165, 1.54) is 0 Å². The summed E-state index contributed by atoms with van der Waals surface area (Å²) < 4.78 is 0. The molecule has 4 amide bonds. The standard InChI is InChI=1S/C20H38N8O6S/c1-10(2)8-13(27-16(30)11(21)5-6-15(22)29)17(31)28-14(9-35)18(32)26-12(19(33)34)4-3-7-25-20(23)24/h10-14,35H,3-9,21H2,1-2H3,(H2,22,29)(H,26,32)(H,27,30)(H,28,31)(H,33,34)(H4,23,24,25). The number of carbonyl (C=O) groups excluding carboxylic acids is 4. The Bertz CT molecular complexity index is 775. The third kappa shape index (κ3) is 14.0. The molecule has 200 valence electrons. The van der Waals surface area contributed by atoms with Gasteiger partial charge in [0.25, 0.3) is 0 Å². The minimum absolute atomic E-state index is 0.00206. The summed E-state index contributed by atoms with van der Waals surface area (Å²) in [4.78, 5) is 64.1. The number of aliphatic carboxylic acids is 1. The van der Waals surface area contributed by atoms with E-state index in [2.05, 4.69) is 33.6 Å². The van der Waals surface area contributed by atoms with E-state index >= 15 is 0 Å². The molecular weight excluding hydrogens is 480 g/mol. The number of carboxylic acid groups (broad SMARTS) is 1. The molecule has 0 fully saturated rings. The van der Waals surface area contributed by atoms with Gasteiger partial charge in [0.1, 0.15) is 18.1 Å². The first-order valence-electron chi connectivity index (χ1n) is 11.1. The first-order valence-corrected chi connectivity index (χ1v) is 11.8. The lowest BCUT2D eigenvalue weighted by atomic mass is 10.0. The Kier molecular flexibility index (Phi) is 15.1. The van der Waals surface area contributed by atoms with Crippen LogP contribution in [0.5, 0.6) is 0 Å². The van der Waals surface area contributed by atoms with Crippen molar-refractivity contribution in [3.05, 3.63) is 0 Å². The fourth-order valence-corrected chi connectivity index (χ4v) is 3.17. The summed E-state index contributed by atoms with van der Waals surface area (Å²) in [5, 5.41) is 16.8. The third-order valence-corrected chi connectivity index (χ3v) is 5.12. The van der Waals surface area contributed by atoms with E-state index in [9.17, 15) is 29.1 Å². The van der Waals surface area contributed by atoms with Crippen molar-refractivity contribution in [1.29, 1.82) is 0 Å². The van der Waals surface area contributed by atoms with Crippen molar-refractivity contribution >= 4 is 48.2 Å². The van der Waals surface area contributed by atoms with Gasteiger partial charge in [-0.15, -0.1) is 0 Å². The molecule has 35 heavy (non-hydrogen) atoms. The molecule has 15 heteroatoms. The van der Waals surface area contributed by atoms with Gasteiger partial charge in [-0.25, -0.2) is 4.79 Å². The molecule has 0 bridgehead atoms. The lowest BCUT2D eigenvalue weighted by Gasteiger charge is -2.25. The third-order valence-electron chi connectivity index (χ3n) is 4.75. The van der Waals surface area contributed by atoms with Gasteiger partial charge in [0.15, 0.2) is 5.96 Å². The fraction of sp³-hybridized carbons (Fsp3) is 0.700. The van der Waals surface area contributed by atoms with Gasteiger partial charge in [-0.05, 0) is 31.6 Å². The van der Waals surface area contributed by atoms with Gasteiger partial charge in [-0.1, -0.05) is 13.8 Å².